The van der Waals surface area contributed by atoms with E-state index in [-0.39, 0.29) is 0 Å². The second-order valence-electron chi connectivity index (χ2n) is 4.25. The molecular formula is C13H13N5. The van der Waals surface area contributed by atoms with Gasteiger partial charge in [-0.1, -0.05) is 0 Å². The molecule has 0 aliphatic heterocycles. The summed E-state index contributed by atoms with van der Waals surface area (Å²) in [5.74, 6) is 1.60. The van der Waals surface area contributed by atoms with Crippen LogP contribution in [0.4, 0.5) is 11.5 Å². The Morgan fingerprint density at radius 3 is 2.94 bits per heavy atom. The van der Waals surface area contributed by atoms with Crippen molar-refractivity contribution < 1.29 is 0 Å². The predicted octanol–water partition coefficient (Wildman–Crippen LogP) is 2.71. The minimum absolute atomic E-state index is 0.757. The zero-order valence-corrected chi connectivity index (χ0v) is 10.2. The van der Waals surface area contributed by atoms with Gasteiger partial charge in [0, 0.05) is 22.8 Å². The highest BCUT2D eigenvalue weighted by molar-refractivity contribution is 5.82. The Hall–Kier alpha value is -2.43. The summed E-state index contributed by atoms with van der Waals surface area (Å²) in [4.78, 5) is 8.55. The minimum Gasteiger partial charge on any atom is -0.340 e. The highest BCUT2D eigenvalue weighted by Gasteiger charge is 2.03. The molecule has 3 aromatic rings. The van der Waals surface area contributed by atoms with Gasteiger partial charge in [0.25, 0.3) is 0 Å². The Labute approximate surface area is 104 Å². The summed E-state index contributed by atoms with van der Waals surface area (Å²) in [6.07, 6.45) is 3.62. The van der Waals surface area contributed by atoms with E-state index in [9.17, 15) is 0 Å². The van der Waals surface area contributed by atoms with Gasteiger partial charge >= 0.3 is 0 Å². The number of aryl methyl sites for hydroxylation is 2. The molecule has 0 fully saturated rings. The number of H-pyrrole nitrogens is 1. The second-order valence-corrected chi connectivity index (χ2v) is 4.25. The van der Waals surface area contributed by atoms with Gasteiger partial charge < -0.3 is 5.32 Å². The molecule has 3 rings (SSSR count). The number of aromatic amines is 1. The first kappa shape index (κ1) is 10.7. The van der Waals surface area contributed by atoms with E-state index in [0.717, 1.165) is 33.8 Å². The van der Waals surface area contributed by atoms with E-state index in [1.54, 1.807) is 6.20 Å². The molecule has 0 radical (unpaired) electrons. The summed E-state index contributed by atoms with van der Waals surface area (Å²) in [6, 6.07) is 6.03. The third kappa shape index (κ3) is 1.90. The van der Waals surface area contributed by atoms with Crippen LogP contribution in [0.3, 0.4) is 0 Å². The molecule has 0 saturated carbocycles. The van der Waals surface area contributed by atoms with Crippen LogP contribution in [-0.2, 0) is 0 Å². The lowest BCUT2D eigenvalue weighted by Gasteiger charge is -2.08. The molecule has 0 spiro atoms. The molecule has 2 aromatic heterocycles. The summed E-state index contributed by atoms with van der Waals surface area (Å²) < 4.78 is 0. The molecule has 90 valence electrons. The zero-order chi connectivity index (χ0) is 12.5. The van der Waals surface area contributed by atoms with Gasteiger partial charge in [-0.2, -0.15) is 5.10 Å². The van der Waals surface area contributed by atoms with Crippen molar-refractivity contribution in [3.63, 3.8) is 0 Å². The molecule has 2 N–H and O–H groups in total. The van der Waals surface area contributed by atoms with Crippen molar-refractivity contribution in [3.8, 4) is 0 Å². The molecule has 5 heteroatoms. The fraction of sp³-hybridized carbons (Fsp3) is 0.154. The van der Waals surface area contributed by atoms with Crippen molar-refractivity contribution in [2.75, 3.05) is 5.32 Å². The summed E-state index contributed by atoms with van der Waals surface area (Å²) in [5, 5.41) is 11.3. The van der Waals surface area contributed by atoms with Gasteiger partial charge in [-0.25, -0.2) is 9.97 Å². The molecule has 18 heavy (non-hydrogen) atoms. The highest BCUT2D eigenvalue weighted by Crippen LogP contribution is 2.21. The van der Waals surface area contributed by atoms with Gasteiger partial charge in [-0.15, -0.1) is 0 Å². The van der Waals surface area contributed by atoms with Crippen LogP contribution in [0, 0.1) is 13.8 Å². The molecule has 0 bridgehead atoms. The normalized spacial score (nSPS) is 10.8. The van der Waals surface area contributed by atoms with Gasteiger partial charge in [-0.3, -0.25) is 5.10 Å². The van der Waals surface area contributed by atoms with E-state index in [1.165, 1.54) is 0 Å². The molecule has 5 nitrogen and oxygen atoms in total. The number of hydrogen-bond acceptors (Lipinski definition) is 4. The first-order valence-electron chi connectivity index (χ1n) is 5.73. The standard InChI is InChI=1S/C13H13N5/c1-8-6-14-9(2)16-13(8)17-11-3-4-12-10(5-11)7-15-18-12/h3-7H,1-2H3,(H,15,18)(H,14,16,17). The van der Waals surface area contributed by atoms with Crippen LogP contribution in [0.5, 0.6) is 0 Å². The molecule has 0 atom stereocenters. The second kappa shape index (κ2) is 4.10. The average molecular weight is 239 g/mol. The first-order valence-corrected chi connectivity index (χ1v) is 5.73. The Morgan fingerprint density at radius 2 is 2.06 bits per heavy atom. The lowest BCUT2D eigenvalue weighted by Crippen LogP contribution is -1.99. The largest absolute Gasteiger partial charge is 0.340 e. The van der Waals surface area contributed by atoms with Crippen molar-refractivity contribution in [2.24, 2.45) is 0 Å². The SMILES string of the molecule is Cc1ncc(C)c(Nc2ccc3[nH]ncc3c2)n1. The lowest BCUT2D eigenvalue weighted by molar-refractivity contribution is 1.04. The topological polar surface area (TPSA) is 66.5 Å². The molecule has 0 amide bonds. The third-order valence-electron chi connectivity index (χ3n) is 2.80. The van der Waals surface area contributed by atoms with Crippen LogP contribution in [0.1, 0.15) is 11.4 Å². The van der Waals surface area contributed by atoms with Crippen molar-refractivity contribution in [3.05, 3.63) is 42.0 Å². The van der Waals surface area contributed by atoms with E-state index < -0.39 is 0 Å². The van der Waals surface area contributed by atoms with Crippen molar-refractivity contribution in [1.29, 1.82) is 0 Å². The Bertz CT molecular complexity index is 701. The number of rotatable bonds is 2. The summed E-state index contributed by atoms with van der Waals surface area (Å²) in [7, 11) is 0. The van der Waals surface area contributed by atoms with Gasteiger partial charge in [-0.05, 0) is 32.0 Å². The number of nitrogens with one attached hydrogen (secondary N) is 2. The zero-order valence-electron chi connectivity index (χ0n) is 10.2. The van der Waals surface area contributed by atoms with Gasteiger partial charge in [0.2, 0.25) is 0 Å². The van der Waals surface area contributed by atoms with Crippen molar-refractivity contribution in [2.45, 2.75) is 13.8 Å². The molecule has 2 heterocycles. The molecular weight excluding hydrogens is 226 g/mol. The number of nitrogens with zero attached hydrogens (tertiary/aromatic N) is 3. The first-order chi connectivity index (χ1) is 8.72. The Kier molecular flexibility index (Phi) is 2.44. The maximum Gasteiger partial charge on any atom is 0.136 e. The molecule has 0 aliphatic rings. The van der Waals surface area contributed by atoms with E-state index >= 15 is 0 Å². The van der Waals surface area contributed by atoms with E-state index in [1.807, 2.05) is 38.2 Å². The molecule has 1 aromatic carbocycles. The summed E-state index contributed by atoms with van der Waals surface area (Å²) >= 11 is 0. The Morgan fingerprint density at radius 1 is 1.17 bits per heavy atom. The van der Waals surface area contributed by atoms with E-state index in [4.69, 9.17) is 0 Å². The monoisotopic (exact) mass is 239 g/mol. The van der Waals surface area contributed by atoms with Crippen LogP contribution in [0.25, 0.3) is 10.9 Å². The van der Waals surface area contributed by atoms with Crippen LogP contribution < -0.4 is 5.32 Å². The van der Waals surface area contributed by atoms with E-state index in [0.29, 0.717) is 0 Å². The molecule has 0 unspecified atom stereocenters. The Balaban J connectivity index is 1.97. The average Bonchev–Trinajstić information content (AvgIpc) is 2.81. The molecule has 0 aliphatic carbocycles. The maximum absolute atomic E-state index is 4.39. The number of fused-ring (bicyclic) bond motifs is 1. The maximum atomic E-state index is 4.39. The van der Waals surface area contributed by atoms with Gasteiger partial charge in [0.15, 0.2) is 0 Å². The van der Waals surface area contributed by atoms with Gasteiger partial charge in [0.05, 0.1) is 11.7 Å². The van der Waals surface area contributed by atoms with Crippen molar-refractivity contribution in [1.82, 2.24) is 20.2 Å². The third-order valence-corrected chi connectivity index (χ3v) is 2.80. The lowest BCUT2D eigenvalue weighted by atomic mass is 10.2. The predicted molar refractivity (Wildman–Crippen MR) is 70.9 cm³/mol. The smallest absolute Gasteiger partial charge is 0.136 e. The highest BCUT2D eigenvalue weighted by atomic mass is 15.1. The van der Waals surface area contributed by atoms with E-state index in [2.05, 4.69) is 25.5 Å². The minimum atomic E-state index is 0.757. The van der Waals surface area contributed by atoms with Crippen LogP contribution in [0.15, 0.2) is 30.6 Å². The number of benzene rings is 1. The summed E-state index contributed by atoms with van der Waals surface area (Å²) in [6.45, 7) is 3.86. The van der Waals surface area contributed by atoms with Crippen LogP contribution in [0.2, 0.25) is 0 Å². The van der Waals surface area contributed by atoms with Crippen LogP contribution in [-0.4, -0.2) is 20.2 Å². The van der Waals surface area contributed by atoms with Crippen LogP contribution >= 0.6 is 0 Å². The fourth-order valence-corrected chi connectivity index (χ4v) is 1.81. The fourth-order valence-electron chi connectivity index (χ4n) is 1.81. The molecule has 0 saturated heterocycles. The quantitative estimate of drug-likeness (QED) is 0.721. The van der Waals surface area contributed by atoms with Gasteiger partial charge in [0.1, 0.15) is 11.6 Å². The van der Waals surface area contributed by atoms with Crippen molar-refractivity contribution >= 4 is 22.4 Å². The number of aromatic nitrogens is 4. The number of anilines is 2. The number of hydrogen-bond donors (Lipinski definition) is 2. The summed E-state index contributed by atoms with van der Waals surface area (Å²) in [5.41, 5.74) is 3.04.